The number of hydrogen-bond acceptors (Lipinski definition) is 3. The number of nitrogens with one attached hydrogen (secondary N) is 1. The molecule has 1 atom stereocenters. The molecule has 0 bridgehead atoms. The normalized spacial score (nSPS) is 22.8. The van der Waals surface area contributed by atoms with E-state index in [2.05, 4.69) is 21.2 Å². The Labute approximate surface area is 120 Å². The Morgan fingerprint density at radius 2 is 1.95 bits per heavy atom. The molecular weight excluding hydrogens is 312 g/mol. The first kappa shape index (κ1) is 14.0. The molecule has 0 aliphatic carbocycles. The Bertz CT molecular complexity index is 503. The number of amides is 3. The van der Waals surface area contributed by atoms with E-state index in [4.69, 9.17) is 4.74 Å². The lowest BCUT2D eigenvalue weighted by Crippen LogP contribution is -2.47. The highest BCUT2D eigenvalue weighted by molar-refractivity contribution is 9.10. The number of carbonyl (C=O) groups is 2. The summed E-state index contributed by atoms with van der Waals surface area (Å²) in [6, 6.07) is 7.12. The second-order valence-electron chi connectivity index (χ2n) is 4.71. The summed E-state index contributed by atoms with van der Waals surface area (Å²) in [5.41, 5.74) is -0.0744. The van der Waals surface area contributed by atoms with E-state index in [0.29, 0.717) is 0 Å². The van der Waals surface area contributed by atoms with Crippen molar-refractivity contribution in [3.63, 3.8) is 0 Å². The molecule has 0 spiro atoms. The average molecular weight is 327 g/mol. The van der Waals surface area contributed by atoms with Gasteiger partial charge < -0.3 is 10.1 Å². The second kappa shape index (κ2) is 5.30. The van der Waals surface area contributed by atoms with Crippen LogP contribution in [0.1, 0.15) is 12.5 Å². The van der Waals surface area contributed by atoms with Gasteiger partial charge in [-0.25, -0.2) is 4.79 Å². The Balaban J connectivity index is 2.15. The van der Waals surface area contributed by atoms with Gasteiger partial charge in [-0.05, 0) is 24.6 Å². The largest absolute Gasteiger partial charge is 0.382 e. The molecule has 1 heterocycles. The molecule has 0 unspecified atom stereocenters. The molecule has 0 saturated carbocycles. The zero-order valence-corrected chi connectivity index (χ0v) is 12.4. The maximum Gasteiger partial charge on any atom is 0.325 e. The molecule has 1 aliphatic rings. The minimum atomic E-state index is -0.971. The summed E-state index contributed by atoms with van der Waals surface area (Å²) in [6.07, 6.45) is 0. The number of ether oxygens (including phenoxy) is 1. The first-order valence-corrected chi connectivity index (χ1v) is 6.63. The SMILES string of the molecule is COC[C@]1(C)NC(=O)N(Cc2ccc(Br)cc2)C1=O. The van der Waals surface area contributed by atoms with E-state index in [1.807, 2.05) is 24.3 Å². The van der Waals surface area contributed by atoms with Crippen molar-refractivity contribution in [2.45, 2.75) is 19.0 Å². The maximum atomic E-state index is 12.3. The Morgan fingerprint density at radius 3 is 2.53 bits per heavy atom. The van der Waals surface area contributed by atoms with E-state index in [0.717, 1.165) is 10.0 Å². The molecule has 1 fully saturated rings. The highest BCUT2D eigenvalue weighted by Crippen LogP contribution is 2.21. The van der Waals surface area contributed by atoms with Gasteiger partial charge in [0.25, 0.3) is 5.91 Å². The van der Waals surface area contributed by atoms with Crippen molar-refractivity contribution >= 4 is 27.9 Å². The molecule has 1 N–H and O–H groups in total. The van der Waals surface area contributed by atoms with E-state index in [1.54, 1.807) is 6.92 Å². The van der Waals surface area contributed by atoms with E-state index in [-0.39, 0.29) is 25.1 Å². The number of hydrogen-bond donors (Lipinski definition) is 1. The fourth-order valence-electron chi connectivity index (χ4n) is 2.05. The quantitative estimate of drug-likeness (QED) is 0.860. The molecule has 1 saturated heterocycles. The molecule has 1 aromatic rings. The van der Waals surface area contributed by atoms with E-state index >= 15 is 0 Å². The number of nitrogens with zero attached hydrogens (tertiary/aromatic N) is 1. The highest BCUT2D eigenvalue weighted by Gasteiger charge is 2.47. The lowest BCUT2D eigenvalue weighted by atomic mass is 10.0. The Morgan fingerprint density at radius 1 is 1.32 bits per heavy atom. The van der Waals surface area contributed by atoms with Gasteiger partial charge in [0, 0.05) is 11.6 Å². The number of rotatable bonds is 4. The second-order valence-corrected chi connectivity index (χ2v) is 5.63. The number of imide groups is 1. The summed E-state index contributed by atoms with van der Waals surface area (Å²) in [4.78, 5) is 25.3. The molecule has 1 aromatic carbocycles. The number of carbonyl (C=O) groups excluding carboxylic acids is 2. The van der Waals surface area contributed by atoms with Gasteiger partial charge in [0.15, 0.2) is 0 Å². The fraction of sp³-hybridized carbons (Fsp3) is 0.385. The van der Waals surface area contributed by atoms with Crippen molar-refractivity contribution < 1.29 is 14.3 Å². The van der Waals surface area contributed by atoms with Crippen LogP contribution in [0.4, 0.5) is 4.79 Å². The van der Waals surface area contributed by atoms with Crippen LogP contribution in [0.15, 0.2) is 28.7 Å². The van der Waals surface area contributed by atoms with Crippen molar-refractivity contribution in [3.05, 3.63) is 34.3 Å². The third-order valence-corrected chi connectivity index (χ3v) is 3.56. The molecule has 1 aliphatic heterocycles. The summed E-state index contributed by atoms with van der Waals surface area (Å²) < 4.78 is 5.95. The van der Waals surface area contributed by atoms with E-state index < -0.39 is 5.54 Å². The van der Waals surface area contributed by atoms with Crippen LogP contribution in [0.3, 0.4) is 0 Å². The molecule has 2 rings (SSSR count). The number of benzene rings is 1. The first-order valence-electron chi connectivity index (χ1n) is 5.84. The Kier molecular flexibility index (Phi) is 3.91. The monoisotopic (exact) mass is 326 g/mol. The van der Waals surface area contributed by atoms with Crippen LogP contribution in [0.2, 0.25) is 0 Å². The molecular formula is C13H15BrN2O3. The topological polar surface area (TPSA) is 58.6 Å². The van der Waals surface area contributed by atoms with E-state index in [9.17, 15) is 9.59 Å². The van der Waals surface area contributed by atoms with Crippen molar-refractivity contribution in [3.8, 4) is 0 Å². The Hall–Kier alpha value is -1.40. The molecule has 6 heteroatoms. The van der Waals surface area contributed by atoms with Crippen LogP contribution in [0.25, 0.3) is 0 Å². The third-order valence-electron chi connectivity index (χ3n) is 3.03. The highest BCUT2D eigenvalue weighted by atomic mass is 79.9. The van der Waals surface area contributed by atoms with Crippen molar-refractivity contribution in [1.29, 1.82) is 0 Å². The predicted molar refractivity (Wildman–Crippen MR) is 73.5 cm³/mol. The summed E-state index contributed by atoms with van der Waals surface area (Å²) in [5, 5.41) is 2.67. The molecule has 3 amide bonds. The maximum absolute atomic E-state index is 12.3. The van der Waals surface area contributed by atoms with E-state index in [1.165, 1.54) is 12.0 Å². The van der Waals surface area contributed by atoms with Crippen LogP contribution in [0, 0.1) is 0 Å². The van der Waals surface area contributed by atoms with Crippen molar-refractivity contribution in [2.75, 3.05) is 13.7 Å². The molecule has 19 heavy (non-hydrogen) atoms. The van der Waals surface area contributed by atoms with Crippen LogP contribution in [0.5, 0.6) is 0 Å². The van der Waals surface area contributed by atoms with Gasteiger partial charge >= 0.3 is 6.03 Å². The lowest BCUT2D eigenvalue weighted by molar-refractivity contribution is -0.132. The molecule has 5 nitrogen and oxygen atoms in total. The van der Waals surface area contributed by atoms with Gasteiger partial charge in [0.05, 0.1) is 13.2 Å². The van der Waals surface area contributed by atoms with Gasteiger partial charge in [0.1, 0.15) is 5.54 Å². The van der Waals surface area contributed by atoms with Crippen LogP contribution < -0.4 is 5.32 Å². The van der Waals surface area contributed by atoms with Crippen LogP contribution in [-0.2, 0) is 16.1 Å². The smallest absolute Gasteiger partial charge is 0.325 e. The van der Waals surface area contributed by atoms with Crippen LogP contribution in [-0.4, -0.2) is 36.1 Å². The van der Waals surface area contributed by atoms with Gasteiger partial charge in [-0.2, -0.15) is 0 Å². The average Bonchev–Trinajstić information content (AvgIpc) is 2.56. The van der Waals surface area contributed by atoms with Gasteiger partial charge in [0.2, 0.25) is 0 Å². The molecule has 0 radical (unpaired) electrons. The first-order chi connectivity index (χ1) is 8.96. The minimum Gasteiger partial charge on any atom is -0.382 e. The zero-order valence-electron chi connectivity index (χ0n) is 10.8. The predicted octanol–water partition coefficient (Wildman–Crippen LogP) is 1.91. The van der Waals surface area contributed by atoms with Gasteiger partial charge in [-0.1, -0.05) is 28.1 Å². The summed E-state index contributed by atoms with van der Waals surface area (Å²) in [6.45, 7) is 2.09. The van der Waals surface area contributed by atoms with Crippen molar-refractivity contribution in [1.82, 2.24) is 10.2 Å². The fourth-order valence-corrected chi connectivity index (χ4v) is 2.31. The molecule has 102 valence electrons. The van der Waals surface area contributed by atoms with Crippen LogP contribution >= 0.6 is 15.9 Å². The number of methoxy groups -OCH3 is 1. The van der Waals surface area contributed by atoms with Gasteiger partial charge in [-0.15, -0.1) is 0 Å². The zero-order chi connectivity index (χ0) is 14.0. The summed E-state index contributed by atoms with van der Waals surface area (Å²) in [7, 11) is 1.50. The van der Waals surface area contributed by atoms with Crippen molar-refractivity contribution in [2.24, 2.45) is 0 Å². The minimum absolute atomic E-state index is 0.161. The summed E-state index contributed by atoms with van der Waals surface area (Å²) in [5.74, 6) is -0.262. The summed E-state index contributed by atoms with van der Waals surface area (Å²) >= 11 is 3.34. The van der Waals surface area contributed by atoms with Gasteiger partial charge in [-0.3, -0.25) is 9.69 Å². The standard InChI is InChI=1S/C13H15BrN2O3/c1-13(8-19-2)11(17)16(12(18)15-13)7-9-3-5-10(14)6-4-9/h3-6H,7-8H2,1-2H3,(H,15,18)/t13-/m0/s1. The lowest BCUT2D eigenvalue weighted by Gasteiger charge is -2.20. The molecule has 0 aromatic heterocycles. The third kappa shape index (κ3) is 2.79. The number of halogens is 1. The number of urea groups is 1.